The lowest BCUT2D eigenvalue weighted by atomic mass is 9.99. The van der Waals surface area contributed by atoms with E-state index in [4.69, 9.17) is 9.15 Å². The topological polar surface area (TPSA) is 111 Å². The van der Waals surface area contributed by atoms with Gasteiger partial charge in [-0.15, -0.1) is 0 Å². The van der Waals surface area contributed by atoms with Crippen molar-refractivity contribution in [2.24, 2.45) is 13.0 Å². The van der Waals surface area contributed by atoms with Gasteiger partial charge in [0.2, 0.25) is 15.9 Å². The molecule has 31 heavy (non-hydrogen) atoms. The molecule has 1 N–H and O–H groups in total. The number of hydrogen-bond acceptors (Lipinski definition) is 6. The average Bonchev–Trinajstić information content (AvgIpc) is 3.07. The summed E-state index contributed by atoms with van der Waals surface area (Å²) in [5.41, 5.74) is 1.34. The number of ether oxygens (including phenoxy) is 1. The van der Waals surface area contributed by atoms with E-state index in [-0.39, 0.29) is 22.9 Å². The lowest BCUT2D eigenvalue weighted by molar-refractivity contribution is -0.120. The van der Waals surface area contributed by atoms with Crippen LogP contribution in [0.2, 0.25) is 0 Å². The van der Waals surface area contributed by atoms with Gasteiger partial charge in [-0.2, -0.15) is 4.31 Å². The summed E-state index contributed by atoms with van der Waals surface area (Å²) in [5, 5.41) is 2.84. The Kier molecular flexibility index (Phi) is 5.59. The third kappa shape index (κ3) is 4.08. The zero-order valence-corrected chi connectivity index (χ0v) is 18.0. The third-order valence-corrected chi connectivity index (χ3v) is 7.38. The second-order valence-corrected chi connectivity index (χ2v) is 9.41. The molecule has 164 valence electrons. The van der Waals surface area contributed by atoms with Crippen LogP contribution in [0, 0.1) is 5.92 Å². The van der Waals surface area contributed by atoms with Gasteiger partial charge in [0.15, 0.2) is 5.58 Å². The molecule has 1 aromatic heterocycles. The Morgan fingerprint density at radius 2 is 1.94 bits per heavy atom. The summed E-state index contributed by atoms with van der Waals surface area (Å²) in [6.45, 7) is 0.409. The Balaban J connectivity index is 1.51. The summed E-state index contributed by atoms with van der Waals surface area (Å²) in [4.78, 5) is 24.5. The molecule has 2 aromatic carbocycles. The predicted octanol–water partition coefficient (Wildman–Crippen LogP) is 2.18. The molecular weight excluding hydrogens is 422 g/mol. The summed E-state index contributed by atoms with van der Waals surface area (Å²) < 4.78 is 39.2. The number of carbonyl (C=O) groups excluding carboxylic acids is 1. The molecule has 1 aliphatic heterocycles. The van der Waals surface area contributed by atoms with Crippen molar-refractivity contribution in [3.63, 3.8) is 0 Å². The smallest absolute Gasteiger partial charge is 0.419 e. The van der Waals surface area contributed by atoms with Crippen molar-refractivity contribution in [2.45, 2.75) is 17.7 Å². The molecule has 9 nitrogen and oxygen atoms in total. The number of oxazole rings is 1. The minimum Gasteiger partial charge on any atom is -0.497 e. The van der Waals surface area contributed by atoms with E-state index in [2.05, 4.69) is 5.32 Å². The van der Waals surface area contributed by atoms with Crippen LogP contribution < -0.4 is 15.8 Å². The molecule has 0 spiro atoms. The van der Waals surface area contributed by atoms with Crippen molar-refractivity contribution in [3.05, 3.63) is 53.0 Å². The van der Waals surface area contributed by atoms with Gasteiger partial charge < -0.3 is 14.5 Å². The molecule has 0 unspecified atom stereocenters. The van der Waals surface area contributed by atoms with Gasteiger partial charge in [-0.05, 0) is 49.2 Å². The Labute approximate surface area is 179 Å². The van der Waals surface area contributed by atoms with Gasteiger partial charge in [0.1, 0.15) is 5.75 Å². The van der Waals surface area contributed by atoms with Crippen LogP contribution in [0.1, 0.15) is 12.8 Å². The first kappa shape index (κ1) is 21.1. The molecule has 3 aromatic rings. The van der Waals surface area contributed by atoms with E-state index in [0.717, 1.165) is 0 Å². The van der Waals surface area contributed by atoms with E-state index >= 15 is 0 Å². The van der Waals surface area contributed by atoms with Crippen molar-refractivity contribution in [2.75, 3.05) is 25.5 Å². The number of sulfonamides is 1. The van der Waals surface area contributed by atoms with Crippen LogP contribution in [-0.4, -0.2) is 43.4 Å². The summed E-state index contributed by atoms with van der Waals surface area (Å²) in [6.07, 6.45) is 1.17. The van der Waals surface area contributed by atoms with Gasteiger partial charge in [0, 0.05) is 31.9 Å². The van der Waals surface area contributed by atoms with Crippen molar-refractivity contribution in [3.8, 4) is 5.75 Å². The summed E-state index contributed by atoms with van der Waals surface area (Å²) >= 11 is 0. The first-order valence-electron chi connectivity index (χ1n) is 9.84. The minimum absolute atomic E-state index is 0.0329. The number of nitrogens with one attached hydrogen (secondary N) is 1. The normalized spacial score (nSPS) is 17.5. The highest BCUT2D eigenvalue weighted by molar-refractivity contribution is 7.89. The van der Waals surface area contributed by atoms with Gasteiger partial charge >= 0.3 is 5.76 Å². The van der Waals surface area contributed by atoms with Crippen molar-refractivity contribution in [1.29, 1.82) is 0 Å². The Morgan fingerprint density at radius 1 is 1.19 bits per heavy atom. The molecule has 10 heteroatoms. The van der Waals surface area contributed by atoms with Crippen LogP contribution in [0.4, 0.5) is 5.69 Å². The summed E-state index contributed by atoms with van der Waals surface area (Å²) in [6, 6.07) is 11.3. The standard InChI is InChI=1S/C21H23N3O6S/c1-23-18-10-9-17(12-19(18)30-21(23)26)31(27,28)24-11-3-4-14(13-24)20(25)22-15-5-7-16(29-2)8-6-15/h5-10,12,14H,3-4,11,13H2,1-2H3,(H,22,25)/t14-/m1/s1. The van der Waals surface area contributed by atoms with Crippen LogP contribution in [0.3, 0.4) is 0 Å². The molecule has 0 saturated carbocycles. The number of nitrogens with zero attached hydrogens (tertiary/aromatic N) is 2. The van der Waals surface area contributed by atoms with Gasteiger partial charge in [-0.25, -0.2) is 13.2 Å². The molecule has 2 heterocycles. The molecule has 1 fully saturated rings. The quantitative estimate of drug-likeness (QED) is 0.644. The van der Waals surface area contributed by atoms with Crippen molar-refractivity contribution in [1.82, 2.24) is 8.87 Å². The largest absolute Gasteiger partial charge is 0.497 e. The maximum Gasteiger partial charge on any atom is 0.419 e. The van der Waals surface area contributed by atoms with Gasteiger partial charge in [0.05, 0.1) is 23.4 Å². The van der Waals surface area contributed by atoms with E-state index in [1.807, 2.05) is 0 Å². The molecule has 0 bridgehead atoms. The monoisotopic (exact) mass is 445 g/mol. The maximum atomic E-state index is 13.2. The number of aromatic nitrogens is 1. The first-order chi connectivity index (χ1) is 14.8. The van der Waals surface area contributed by atoms with E-state index in [9.17, 15) is 18.0 Å². The van der Waals surface area contributed by atoms with Gasteiger partial charge in [-0.1, -0.05) is 0 Å². The number of rotatable bonds is 5. The molecule has 1 aliphatic rings. The second-order valence-electron chi connectivity index (χ2n) is 7.48. The van der Waals surface area contributed by atoms with E-state index in [1.54, 1.807) is 44.5 Å². The van der Waals surface area contributed by atoms with E-state index in [1.165, 1.54) is 21.0 Å². The number of piperidine rings is 1. The van der Waals surface area contributed by atoms with E-state index in [0.29, 0.717) is 36.3 Å². The molecule has 0 aliphatic carbocycles. The molecular formula is C21H23N3O6S. The summed E-state index contributed by atoms with van der Waals surface area (Å²) in [7, 11) is -0.722. The van der Waals surface area contributed by atoms with Crippen LogP contribution in [-0.2, 0) is 21.9 Å². The average molecular weight is 445 g/mol. The summed E-state index contributed by atoms with van der Waals surface area (Å²) in [5.74, 6) is -0.574. The van der Waals surface area contributed by atoms with Crippen molar-refractivity contribution < 1.29 is 22.4 Å². The zero-order valence-electron chi connectivity index (χ0n) is 17.2. The Morgan fingerprint density at radius 3 is 2.65 bits per heavy atom. The van der Waals surface area contributed by atoms with Crippen LogP contribution in [0.25, 0.3) is 11.1 Å². The van der Waals surface area contributed by atoms with Crippen LogP contribution >= 0.6 is 0 Å². The zero-order chi connectivity index (χ0) is 22.2. The fourth-order valence-electron chi connectivity index (χ4n) is 3.72. The fourth-order valence-corrected chi connectivity index (χ4v) is 5.26. The van der Waals surface area contributed by atoms with Crippen molar-refractivity contribution >= 4 is 32.7 Å². The highest BCUT2D eigenvalue weighted by Crippen LogP contribution is 2.27. The highest BCUT2D eigenvalue weighted by atomic mass is 32.2. The molecule has 1 saturated heterocycles. The Bertz CT molecular complexity index is 1280. The molecule has 1 amide bonds. The predicted molar refractivity (Wildman–Crippen MR) is 115 cm³/mol. The number of anilines is 1. The lowest BCUT2D eigenvalue weighted by Gasteiger charge is -2.31. The molecule has 4 rings (SSSR count). The molecule has 1 atom stereocenters. The number of aryl methyl sites for hydroxylation is 1. The van der Waals surface area contributed by atoms with Gasteiger partial charge in [0.25, 0.3) is 0 Å². The fraction of sp³-hybridized carbons (Fsp3) is 0.333. The molecule has 0 radical (unpaired) electrons. The number of methoxy groups -OCH3 is 1. The number of fused-ring (bicyclic) bond motifs is 1. The van der Waals surface area contributed by atoms with Gasteiger partial charge in [-0.3, -0.25) is 9.36 Å². The SMILES string of the molecule is COc1ccc(NC(=O)[C@@H]2CCCN(S(=O)(=O)c3ccc4c(c3)oc(=O)n4C)C2)cc1. The van der Waals surface area contributed by atoms with Crippen LogP contribution in [0.5, 0.6) is 5.75 Å². The van der Waals surface area contributed by atoms with Crippen LogP contribution in [0.15, 0.2) is 56.6 Å². The number of benzene rings is 2. The maximum absolute atomic E-state index is 13.2. The Hall–Kier alpha value is -3.11. The first-order valence-corrected chi connectivity index (χ1v) is 11.3. The second kappa shape index (κ2) is 8.20. The minimum atomic E-state index is -3.84. The number of hydrogen-bond donors (Lipinski definition) is 1. The third-order valence-electron chi connectivity index (χ3n) is 5.51. The number of carbonyl (C=O) groups is 1. The van der Waals surface area contributed by atoms with E-state index < -0.39 is 21.7 Å². The highest BCUT2D eigenvalue weighted by Gasteiger charge is 2.33. The number of amides is 1. The lowest BCUT2D eigenvalue weighted by Crippen LogP contribution is -2.43.